The highest BCUT2D eigenvalue weighted by Gasteiger charge is 2.27. The first-order valence-electron chi connectivity index (χ1n) is 12.7. The summed E-state index contributed by atoms with van der Waals surface area (Å²) >= 11 is 0. The molecule has 7 heteroatoms. The van der Waals surface area contributed by atoms with E-state index in [0.717, 1.165) is 56.8 Å². The van der Waals surface area contributed by atoms with Gasteiger partial charge in [0.1, 0.15) is 6.10 Å². The molecule has 0 amide bonds. The molecule has 2 aliphatic heterocycles. The van der Waals surface area contributed by atoms with Crippen molar-refractivity contribution < 1.29 is 9.76 Å². The molecule has 0 aliphatic carbocycles. The molecule has 0 N–H and O–H groups in total. The van der Waals surface area contributed by atoms with Gasteiger partial charge in [-0.3, -0.25) is 15.0 Å². The molecule has 2 heterocycles. The Morgan fingerprint density at radius 3 is 2.22 bits per heavy atom. The number of hydrogen-bond donors (Lipinski definition) is 0. The van der Waals surface area contributed by atoms with Gasteiger partial charge in [-0.2, -0.15) is 0 Å². The topological polar surface area (TPSA) is 71.2 Å². The van der Waals surface area contributed by atoms with Crippen LogP contribution in [0, 0.1) is 10.1 Å². The number of nitro groups is 1. The van der Waals surface area contributed by atoms with Gasteiger partial charge < -0.3 is 9.74 Å². The largest absolute Gasteiger partial charge is 0.392 e. The summed E-state index contributed by atoms with van der Waals surface area (Å²) in [5, 5.41) is 15.3. The molecular weight excluding hydrogens is 452 g/mol. The Kier molecular flexibility index (Phi) is 7.69. The third-order valence-corrected chi connectivity index (χ3v) is 7.13. The van der Waals surface area contributed by atoms with Gasteiger partial charge in [0.25, 0.3) is 5.69 Å². The predicted octanol–water partition coefficient (Wildman–Crippen LogP) is 5.28. The van der Waals surface area contributed by atoms with Gasteiger partial charge in [-0.15, -0.1) is 0 Å². The molecule has 1 unspecified atom stereocenters. The average Bonchev–Trinajstić information content (AvgIpc) is 3.40. The molecule has 1 atom stereocenters. The monoisotopic (exact) mass is 484 g/mol. The second-order valence-electron chi connectivity index (χ2n) is 9.52. The summed E-state index contributed by atoms with van der Waals surface area (Å²) in [5.74, 6) is 0. The maximum Gasteiger partial charge on any atom is 0.270 e. The summed E-state index contributed by atoms with van der Waals surface area (Å²) in [7, 11) is 0. The van der Waals surface area contributed by atoms with Crippen LogP contribution in [0.15, 0.2) is 90.1 Å². The van der Waals surface area contributed by atoms with Gasteiger partial charge in [0.2, 0.25) is 0 Å². The van der Waals surface area contributed by atoms with Crippen LogP contribution >= 0.6 is 0 Å². The molecule has 36 heavy (non-hydrogen) atoms. The molecule has 0 radical (unpaired) electrons. The van der Waals surface area contributed by atoms with E-state index in [9.17, 15) is 10.1 Å². The lowest BCUT2D eigenvalue weighted by Crippen LogP contribution is -2.48. The molecule has 7 nitrogen and oxygen atoms in total. The van der Waals surface area contributed by atoms with E-state index in [1.54, 1.807) is 12.1 Å². The van der Waals surface area contributed by atoms with Crippen LogP contribution in [0.4, 0.5) is 5.69 Å². The maximum atomic E-state index is 11.1. The number of oxime groups is 1. The van der Waals surface area contributed by atoms with Crippen LogP contribution in [0.1, 0.15) is 42.0 Å². The molecule has 2 aliphatic rings. The molecule has 0 aromatic heterocycles. The van der Waals surface area contributed by atoms with E-state index >= 15 is 0 Å². The molecule has 5 rings (SSSR count). The Bertz CT molecular complexity index is 1140. The third-order valence-electron chi connectivity index (χ3n) is 7.13. The molecule has 0 bridgehead atoms. The summed E-state index contributed by atoms with van der Waals surface area (Å²) in [6.07, 6.45) is 2.72. The van der Waals surface area contributed by atoms with Crippen molar-refractivity contribution in [2.24, 2.45) is 5.16 Å². The Morgan fingerprint density at radius 2 is 1.58 bits per heavy atom. The van der Waals surface area contributed by atoms with Crippen molar-refractivity contribution >= 4 is 11.4 Å². The fourth-order valence-electron chi connectivity index (χ4n) is 5.23. The first kappa shape index (κ1) is 24.2. The first-order chi connectivity index (χ1) is 17.7. The van der Waals surface area contributed by atoms with E-state index in [-0.39, 0.29) is 22.8 Å². The first-order valence-corrected chi connectivity index (χ1v) is 12.7. The second-order valence-corrected chi connectivity index (χ2v) is 9.52. The molecule has 0 spiro atoms. The number of non-ortho nitro benzene ring substituents is 1. The van der Waals surface area contributed by atoms with Crippen LogP contribution < -0.4 is 0 Å². The summed E-state index contributed by atoms with van der Waals surface area (Å²) in [6.45, 7) is 5.22. The molecule has 1 fully saturated rings. The second kappa shape index (κ2) is 11.5. The minimum atomic E-state index is -0.376. The predicted molar refractivity (Wildman–Crippen MR) is 141 cm³/mol. The Morgan fingerprint density at radius 1 is 0.917 bits per heavy atom. The lowest BCUT2D eigenvalue weighted by molar-refractivity contribution is -0.384. The van der Waals surface area contributed by atoms with Crippen molar-refractivity contribution in [3.05, 3.63) is 112 Å². The smallest absolute Gasteiger partial charge is 0.270 e. The normalized spacial score (nSPS) is 18.7. The minimum absolute atomic E-state index is 0.0427. The van der Waals surface area contributed by atoms with E-state index in [2.05, 4.69) is 75.6 Å². The molecule has 3 aromatic rings. The summed E-state index contributed by atoms with van der Waals surface area (Å²) in [4.78, 5) is 21.5. The van der Waals surface area contributed by atoms with Crippen molar-refractivity contribution in [1.82, 2.24) is 9.80 Å². The molecule has 186 valence electrons. The molecule has 0 saturated carbocycles. The fourth-order valence-corrected chi connectivity index (χ4v) is 5.23. The van der Waals surface area contributed by atoms with Crippen molar-refractivity contribution in [3.8, 4) is 0 Å². The highest BCUT2D eigenvalue weighted by Crippen LogP contribution is 2.29. The van der Waals surface area contributed by atoms with E-state index in [0.29, 0.717) is 6.42 Å². The van der Waals surface area contributed by atoms with Gasteiger partial charge in [-0.05, 0) is 30.5 Å². The summed E-state index contributed by atoms with van der Waals surface area (Å²) < 4.78 is 0. The highest BCUT2D eigenvalue weighted by molar-refractivity contribution is 6.01. The number of hydrogen-bond acceptors (Lipinski definition) is 6. The minimum Gasteiger partial charge on any atom is -0.392 e. The maximum absolute atomic E-state index is 11.1. The highest BCUT2D eigenvalue weighted by atomic mass is 16.6. The zero-order chi connectivity index (χ0) is 24.7. The van der Waals surface area contributed by atoms with E-state index in [1.165, 1.54) is 17.2 Å². The summed E-state index contributed by atoms with van der Waals surface area (Å²) in [6, 6.07) is 28.5. The van der Waals surface area contributed by atoms with Gasteiger partial charge in [0.15, 0.2) is 0 Å². The third kappa shape index (κ3) is 5.80. The van der Waals surface area contributed by atoms with Gasteiger partial charge >= 0.3 is 0 Å². The average molecular weight is 485 g/mol. The number of rotatable bonds is 9. The Labute approximate surface area is 212 Å². The number of piperazine rings is 1. The fraction of sp³-hybridized carbons (Fsp3) is 0.345. The number of nitro benzene ring substituents is 1. The quantitative estimate of drug-likeness (QED) is 0.305. The van der Waals surface area contributed by atoms with Crippen LogP contribution in [-0.2, 0) is 4.84 Å². The van der Waals surface area contributed by atoms with E-state index < -0.39 is 0 Å². The zero-order valence-corrected chi connectivity index (χ0v) is 20.4. The number of nitrogens with zero attached hydrogens (tertiary/aromatic N) is 4. The molecule has 3 aromatic carbocycles. The van der Waals surface area contributed by atoms with Gasteiger partial charge in [-0.1, -0.05) is 78.0 Å². The van der Waals surface area contributed by atoms with Crippen molar-refractivity contribution in [1.29, 1.82) is 0 Å². The van der Waals surface area contributed by atoms with Crippen LogP contribution in [0.25, 0.3) is 0 Å². The van der Waals surface area contributed by atoms with Gasteiger partial charge in [0.05, 0.1) is 16.7 Å². The standard InChI is InChI=1S/C29H32N4O3/c34-33(35)26-14-7-13-25(21-26)28-22-27(36-30-28)15-8-16-31-17-19-32(20-18-31)29(23-9-3-1-4-10-23)24-11-5-2-6-12-24/h1-7,9-14,21,27,29H,8,15-20,22H2. The van der Waals surface area contributed by atoms with Crippen LogP contribution in [0.2, 0.25) is 0 Å². The van der Waals surface area contributed by atoms with Crippen molar-refractivity contribution in [2.45, 2.75) is 31.4 Å². The van der Waals surface area contributed by atoms with Crippen molar-refractivity contribution in [2.75, 3.05) is 32.7 Å². The molecular formula is C29H32N4O3. The SMILES string of the molecule is O=[N+]([O-])c1cccc(C2=NOC(CCCN3CCN(C(c4ccccc4)c4ccccc4)CC3)C2)c1. The summed E-state index contributed by atoms with van der Waals surface area (Å²) in [5.41, 5.74) is 4.34. The van der Waals surface area contributed by atoms with Crippen molar-refractivity contribution in [3.63, 3.8) is 0 Å². The van der Waals surface area contributed by atoms with Crippen LogP contribution in [0.5, 0.6) is 0 Å². The van der Waals surface area contributed by atoms with Crippen LogP contribution in [0.3, 0.4) is 0 Å². The van der Waals surface area contributed by atoms with Crippen LogP contribution in [-0.4, -0.2) is 59.3 Å². The van der Waals surface area contributed by atoms with E-state index in [4.69, 9.17) is 4.84 Å². The zero-order valence-electron chi connectivity index (χ0n) is 20.4. The lowest BCUT2D eigenvalue weighted by Gasteiger charge is -2.40. The van der Waals surface area contributed by atoms with Gasteiger partial charge in [0, 0.05) is 50.3 Å². The molecule has 1 saturated heterocycles. The van der Waals surface area contributed by atoms with E-state index in [1.807, 2.05) is 6.07 Å². The number of benzene rings is 3. The Balaban J connectivity index is 1.09. The van der Waals surface area contributed by atoms with Gasteiger partial charge in [-0.25, -0.2) is 0 Å². The lowest BCUT2D eigenvalue weighted by atomic mass is 9.96. The Hall–Kier alpha value is -3.55.